The Balaban J connectivity index is 3.15. The molecule has 0 heterocycles. The molecule has 0 amide bonds. The van der Waals surface area contributed by atoms with Crippen LogP contribution >= 0.6 is 0 Å². The van der Waals surface area contributed by atoms with Crippen molar-refractivity contribution in [1.29, 1.82) is 0 Å². The average molecular weight is 216 g/mol. The van der Waals surface area contributed by atoms with Gasteiger partial charge in [0.25, 0.3) is 0 Å². The summed E-state index contributed by atoms with van der Waals surface area (Å²) >= 11 is 0. The van der Waals surface area contributed by atoms with E-state index in [-0.39, 0.29) is 12.2 Å². The first-order valence-electron chi connectivity index (χ1n) is 4.51. The Labute approximate surface area is 87.2 Å². The number of halogens is 2. The maximum absolute atomic E-state index is 13.6. The summed E-state index contributed by atoms with van der Waals surface area (Å²) in [5, 5.41) is 0. The fourth-order valence-corrected chi connectivity index (χ4v) is 1.38. The second-order valence-corrected chi connectivity index (χ2v) is 3.27. The van der Waals surface area contributed by atoms with Gasteiger partial charge in [-0.15, -0.1) is 0 Å². The molecule has 0 saturated carbocycles. The third-order valence-electron chi connectivity index (χ3n) is 2.20. The Hall–Kier alpha value is -1.04. The molecule has 3 N–H and O–H groups in total. The number of hydrogen-bond acceptors (Lipinski definition) is 3. The van der Waals surface area contributed by atoms with E-state index in [1.807, 2.05) is 0 Å². The van der Waals surface area contributed by atoms with Crippen LogP contribution in [0.1, 0.15) is 17.2 Å². The number of ether oxygens (including phenoxy) is 1. The van der Waals surface area contributed by atoms with Crippen LogP contribution in [0.4, 0.5) is 8.78 Å². The molecule has 1 aromatic carbocycles. The molecule has 1 rings (SSSR count). The molecule has 0 aliphatic rings. The highest BCUT2D eigenvalue weighted by molar-refractivity contribution is 5.29. The number of methoxy groups -OCH3 is 1. The smallest absolute Gasteiger partial charge is 0.133 e. The lowest BCUT2D eigenvalue weighted by atomic mass is 10.0. The lowest BCUT2D eigenvalue weighted by Gasteiger charge is -2.17. The van der Waals surface area contributed by atoms with Crippen LogP contribution in [0, 0.1) is 18.6 Å². The van der Waals surface area contributed by atoms with Gasteiger partial charge in [-0.1, -0.05) is 6.07 Å². The van der Waals surface area contributed by atoms with Crippen molar-refractivity contribution in [2.45, 2.75) is 13.0 Å². The molecule has 0 spiro atoms. The molecule has 1 aromatic rings. The van der Waals surface area contributed by atoms with Crippen LogP contribution in [0.2, 0.25) is 0 Å². The van der Waals surface area contributed by atoms with Gasteiger partial charge in [0.2, 0.25) is 0 Å². The van der Waals surface area contributed by atoms with Crippen LogP contribution in [-0.4, -0.2) is 13.7 Å². The van der Waals surface area contributed by atoms with E-state index in [1.54, 1.807) is 6.92 Å². The topological polar surface area (TPSA) is 47.3 Å². The molecule has 1 atom stereocenters. The van der Waals surface area contributed by atoms with Crippen molar-refractivity contribution in [3.63, 3.8) is 0 Å². The lowest BCUT2D eigenvalue weighted by Crippen LogP contribution is -2.32. The standard InChI is InChI=1S/C10H14F2N2O/c1-6-3-4-7(11)9(10(6)12)8(14-13)5-15-2/h3-4,8,14H,5,13H2,1-2H3. The third kappa shape index (κ3) is 2.50. The number of nitrogens with two attached hydrogens (primary N) is 1. The molecule has 3 nitrogen and oxygen atoms in total. The normalized spacial score (nSPS) is 12.9. The van der Waals surface area contributed by atoms with Gasteiger partial charge in [0.05, 0.1) is 12.6 Å². The zero-order chi connectivity index (χ0) is 11.4. The van der Waals surface area contributed by atoms with Crippen LogP contribution in [0.25, 0.3) is 0 Å². The van der Waals surface area contributed by atoms with Gasteiger partial charge in [0.1, 0.15) is 11.6 Å². The SMILES string of the molecule is COCC(NN)c1c(F)ccc(C)c1F. The monoisotopic (exact) mass is 216 g/mol. The fraction of sp³-hybridized carbons (Fsp3) is 0.400. The van der Waals surface area contributed by atoms with Crippen LogP contribution in [-0.2, 0) is 4.74 Å². The molecule has 0 radical (unpaired) electrons. The molecule has 84 valence electrons. The van der Waals surface area contributed by atoms with Gasteiger partial charge in [-0.2, -0.15) is 0 Å². The van der Waals surface area contributed by atoms with Crippen LogP contribution in [0.5, 0.6) is 0 Å². The number of aryl methyl sites for hydroxylation is 1. The van der Waals surface area contributed by atoms with E-state index in [9.17, 15) is 8.78 Å². The second-order valence-electron chi connectivity index (χ2n) is 3.27. The minimum absolute atomic E-state index is 0.0839. The Kier molecular flexibility index (Phi) is 4.14. The first kappa shape index (κ1) is 12.0. The van der Waals surface area contributed by atoms with Crippen molar-refractivity contribution in [3.8, 4) is 0 Å². The van der Waals surface area contributed by atoms with Crippen LogP contribution < -0.4 is 11.3 Å². The van der Waals surface area contributed by atoms with Gasteiger partial charge in [0.15, 0.2) is 0 Å². The van der Waals surface area contributed by atoms with E-state index in [4.69, 9.17) is 10.6 Å². The summed E-state index contributed by atoms with van der Waals surface area (Å²) in [7, 11) is 1.44. The Morgan fingerprint density at radius 1 is 1.47 bits per heavy atom. The van der Waals surface area contributed by atoms with Gasteiger partial charge < -0.3 is 4.74 Å². The molecule has 5 heteroatoms. The molecule has 15 heavy (non-hydrogen) atoms. The Morgan fingerprint density at radius 3 is 2.67 bits per heavy atom. The minimum Gasteiger partial charge on any atom is -0.383 e. The molecule has 0 saturated heterocycles. The van der Waals surface area contributed by atoms with Crippen molar-refractivity contribution >= 4 is 0 Å². The number of hydrogen-bond donors (Lipinski definition) is 2. The summed E-state index contributed by atoms with van der Waals surface area (Å²) in [5.41, 5.74) is 2.62. The van der Waals surface area contributed by atoms with E-state index in [1.165, 1.54) is 19.2 Å². The summed E-state index contributed by atoms with van der Waals surface area (Å²) in [6, 6.07) is 1.91. The summed E-state index contributed by atoms with van der Waals surface area (Å²) < 4.78 is 31.9. The maximum Gasteiger partial charge on any atom is 0.133 e. The molecule has 0 aromatic heterocycles. The van der Waals surface area contributed by atoms with Crippen molar-refractivity contribution in [1.82, 2.24) is 5.43 Å². The Morgan fingerprint density at radius 2 is 2.13 bits per heavy atom. The van der Waals surface area contributed by atoms with Crippen molar-refractivity contribution < 1.29 is 13.5 Å². The summed E-state index contributed by atoms with van der Waals surface area (Å²) in [5.74, 6) is 4.00. The number of nitrogens with one attached hydrogen (secondary N) is 1. The van der Waals surface area contributed by atoms with Gasteiger partial charge in [-0.25, -0.2) is 8.78 Å². The number of hydrazine groups is 1. The zero-order valence-electron chi connectivity index (χ0n) is 8.68. The molecular formula is C10H14F2N2O. The first-order valence-corrected chi connectivity index (χ1v) is 4.51. The predicted molar refractivity (Wildman–Crippen MR) is 53.0 cm³/mol. The first-order chi connectivity index (χ1) is 7.11. The molecule has 0 aliphatic heterocycles. The van der Waals surface area contributed by atoms with E-state index in [0.717, 1.165) is 0 Å². The highest BCUT2D eigenvalue weighted by Gasteiger charge is 2.20. The number of rotatable bonds is 4. The van der Waals surface area contributed by atoms with Gasteiger partial charge >= 0.3 is 0 Å². The fourth-order valence-electron chi connectivity index (χ4n) is 1.38. The van der Waals surface area contributed by atoms with Crippen molar-refractivity contribution in [2.75, 3.05) is 13.7 Å². The molecule has 0 fully saturated rings. The second kappa shape index (κ2) is 5.16. The molecule has 0 aliphatic carbocycles. The van der Waals surface area contributed by atoms with Gasteiger partial charge in [0, 0.05) is 12.7 Å². The predicted octanol–water partition coefficient (Wildman–Crippen LogP) is 1.42. The molecular weight excluding hydrogens is 202 g/mol. The largest absolute Gasteiger partial charge is 0.383 e. The highest BCUT2D eigenvalue weighted by Crippen LogP contribution is 2.22. The van der Waals surface area contributed by atoms with Gasteiger partial charge in [-0.3, -0.25) is 11.3 Å². The van der Waals surface area contributed by atoms with Crippen LogP contribution in [0.3, 0.4) is 0 Å². The van der Waals surface area contributed by atoms with Crippen LogP contribution in [0.15, 0.2) is 12.1 Å². The van der Waals surface area contributed by atoms with E-state index in [0.29, 0.717) is 5.56 Å². The maximum atomic E-state index is 13.6. The zero-order valence-corrected chi connectivity index (χ0v) is 8.68. The third-order valence-corrected chi connectivity index (χ3v) is 2.20. The highest BCUT2D eigenvalue weighted by atomic mass is 19.1. The quantitative estimate of drug-likeness (QED) is 0.591. The van der Waals surface area contributed by atoms with E-state index >= 15 is 0 Å². The van der Waals surface area contributed by atoms with E-state index in [2.05, 4.69) is 5.43 Å². The summed E-state index contributed by atoms with van der Waals surface area (Å²) in [4.78, 5) is 0. The molecule has 1 unspecified atom stereocenters. The van der Waals surface area contributed by atoms with Gasteiger partial charge in [-0.05, 0) is 18.6 Å². The lowest BCUT2D eigenvalue weighted by molar-refractivity contribution is 0.164. The molecule has 0 bridgehead atoms. The Bertz CT molecular complexity index is 344. The van der Waals surface area contributed by atoms with Crippen molar-refractivity contribution in [2.24, 2.45) is 5.84 Å². The number of benzene rings is 1. The van der Waals surface area contributed by atoms with E-state index < -0.39 is 17.7 Å². The summed E-state index contributed by atoms with van der Waals surface area (Å²) in [6.45, 7) is 1.67. The van der Waals surface area contributed by atoms with Crippen molar-refractivity contribution in [3.05, 3.63) is 34.9 Å². The average Bonchev–Trinajstić information content (AvgIpc) is 2.22. The minimum atomic E-state index is -0.685. The summed E-state index contributed by atoms with van der Waals surface area (Å²) in [6.07, 6.45) is 0.